The Hall–Kier alpha value is -2.83. The highest BCUT2D eigenvalue weighted by Gasteiger charge is 2.22. The van der Waals surface area contributed by atoms with Gasteiger partial charge >= 0.3 is 0 Å². The first kappa shape index (κ1) is 20.9. The van der Waals surface area contributed by atoms with Gasteiger partial charge in [-0.1, -0.05) is 48.0 Å². The second-order valence-corrected chi connectivity index (χ2v) is 8.99. The van der Waals surface area contributed by atoms with E-state index in [1.165, 1.54) is 23.5 Å². The van der Waals surface area contributed by atoms with E-state index >= 15 is 0 Å². The molecule has 1 amide bonds. The maximum atomic E-state index is 13.0. The van der Waals surface area contributed by atoms with Crippen LogP contribution in [-0.2, 0) is 10.0 Å². The van der Waals surface area contributed by atoms with Crippen molar-refractivity contribution < 1.29 is 13.2 Å². The molecule has 0 fully saturated rings. The van der Waals surface area contributed by atoms with Gasteiger partial charge in [0.2, 0.25) is 0 Å². The molecule has 0 bridgehead atoms. The standard InChI is InChI=1S/C22H21ClN2O3S/c1-16(17-8-6-10-19(23)14-17)24-22(26)18-9-7-13-21(15-18)29(27,28)25(2)20-11-4-3-5-12-20/h3-16H,1-2H3,(H,24,26). The van der Waals surface area contributed by atoms with Crippen LogP contribution in [0.2, 0.25) is 5.02 Å². The molecule has 1 N–H and O–H groups in total. The van der Waals surface area contributed by atoms with Crippen LogP contribution < -0.4 is 9.62 Å². The number of rotatable bonds is 6. The predicted octanol–water partition coefficient (Wildman–Crippen LogP) is 4.66. The highest BCUT2D eigenvalue weighted by Crippen LogP contribution is 2.23. The number of nitrogens with one attached hydrogen (secondary N) is 1. The molecule has 0 aliphatic carbocycles. The number of amides is 1. The molecule has 150 valence electrons. The number of carbonyl (C=O) groups excluding carboxylic acids is 1. The van der Waals surface area contributed by atoms with Gasteiger partial charge in [-0.15, -0.1) is 0 Å². The van der Waals surface area contributed by atoms with Crippen molar-refractivity contribution in [2.75, 3.05) is 11.4 Å². The summed E-state index contributed by atoms with van der Waals surface area (Å²) in [6, 6.07) is 21.7. The molecule has 3 aromatic rings. The van der Waals surface area contributed by atoms with Gasteiger partial charge < -0.3 is 5.32 Å². The normalized spacial score (nSPS) is 12.2. The molecule has 7 heteroatoms. The van der Waals surface area contributed by atoms with Gasteiger partial charge in [-0.25, -0.2) is 8.42 Å². The molecule has 5 nitrogen and oxygen atoms in total. The summed E-state index contributed by atoms with van der Waals surface area (Å²) in [6.45, 7) is 1.84. The Morgan fingerprint density at radius 2 is 1.66 bits per heavy atom. The van der Waals surface area contributed by atoms with E-state index < -0.39 is 10.0 Å². The molecular weight excluding hydrogens is 408 g/mol. The Labute approximate surface area is 176 Å². The molecule has 0 aromatic heterocycles. The molecule has 0 radical (unpaired) electrons. The van der Waals surface area contributed by atoms with Crippen molar-refractivity contribution in [2.24, 2.45) is 0 Å². The van der Waals surface area contributed by atoms with E-state index in [0.717, 1.165) is 5.56 Å². The van der Waals surface area contributed by atoms with E-state index in [2.05, 4.69) is 5.32 Å². The highest BCUT2D eigenvalue weighted by atomic mass is 35.5. The van der Waals surface area contributed by atoms with Crippen molar-refractivity contribution in [3.63, 3.8) is 0 Å². The summed E-state index contributed by atoms with van der Waals surface area (Å²) in [7, 11) is -2.31. The van der Waals surface area contributed by atoms with E-state index in [1.807, 2.05) is 25.1 Å². The van der Waals surface area contributed by atoms with Gasteiger partial charge in [-0.2, -0.15) is 0 Å². The third-order valence-corrected chi connectivity index (χ3v) is 6.59. The topological polar surface area (TPSA) is 66.5 Å². The zero-order valence-corrected chi connectivity index (χ0v) is 17.6. The van der Waals surface area contributed by atoms with Crippen molar-refractivity contribution in [3.05, 3.63) is 95.0 Å². The molecule has 0 saturated heterocycles. The average molecular weight is 429 g/mol. The Balaban J connectivity index is 1.82. The second kappa shape index (κ2) is 8.68. The van der Waals surface area contributed by atoms with Crippen molar-refractivity contribution >= 4 is 33.2 Å². The molecule has 1 unspecified atom stereocenters. The Kier molecular flexibility index (Phi) is 6.25. The minimum absolute atomic E-state index is 0.0481. The molecule has 0 heterocycles. The average Bonchev–Trinajstić information content (AvgIpc) is 2.73. The predicted molar refractivity (Wildman–Crippen MR) is 116 cm³/mol. The van der Waals surface area contributed by atoms with E-state index in [4.69, 9.17) is 11.6 Å². The third-order valence-electron chi connectivity index (χ3n) is 4.57. The maximum Gasteiger partial charge on any atom is 0.264 e. The largest absolute Gasteiger partial charge is 0.346 e. The van der Waals surface area contributed by atoms with Crippen molar-refractivity contribution in [1.29, 1.82) is 0 Å². The Morgan fingerprint density at radius 3 is 2.34 bits per heavy atom. The zero-order chi connectivity index (χ0) is 21.0. The number of carbonyl (C=O) groups is 1. The summed E-state index contributed by atoms with van der Waals surface area (Å²) in [4.78, 5) is 12.7. The molecule has 0 saturated carbocycles. The summed E-state index contributed by atoms with van der Waals surface area (Å²) in [5.41, 5.74) is 1.66. The van der Waals surface area contributed by atoms with E-state index in [9.17, 15) is 13.2 Å². The highest BCUT2D eigenvalue weighted by molar-refractivity contribution is 7.92. The molecule has 3 aromatic carbocycles. The maximum absolute atomic E-state index is 13.0. The first-order valence-corrected chi connectivity index (χ1v) is 10.8. The Bertz CT molecular complexity index is 1120. The van der Waals surface area contributed by atoms with Gasteiger partial charge in [0.1, 0.15) is 0 Å². The van der Waals surface area contributed by atoms with Gasteiger partial charge in [0.15, 0.2) is 0 Å². The molecule has 0 spiro atoms. The fourth-order valence-electron chi connectivity index (χ4n) is 2.87. The van der Waals surface area contributed by atoms with Crippen LogP contribution >= 0.6 is 11.6 Å². The molecule has 29 heavy (non-hydrogen) atoms. The summed E-state index contributed by atoms with van der Waals surface area (Å²) in [6.07, 6.45) is 0. The number of benzene rings is 3. The summed E-state index contributed by atoms with van der Waals surface area (Å²) in [5, 5.41) is 3.46. The lowest BCUT2D eigenvalue weighted by atomic mass is 10.1. The van der Waals surface area contributed by atoms with Gasteiger partial charge in [0, 0.05) is 17.6 Å². The summed E-state index contributed by atoms with van der Waals surface area (Å²) >= 11 is 6.01. The summed E-state index contributed by atoms with van der Waals surface area (Å²) < 4.78 is 27.1. The van der Waals surface area contributed by atoms with Crippen molar-refractivity contribution in [3.8, 4) is 0 Å². The van der Waals surface area contributed by atoms with Gasteiger partial charge in [-0.3, -0.25) is 9.10 Å². The second-order valence-electron chi connectivity index (χ2n) is 6.59. The lowest BCUT2D eigenvalue weighted by Gasteiger charge is -2.20. The number of sulfonamides is 1. The monoisotopic (exact) mass is 428 g/mol. The minimum atomic E-state index is -3.80. The fourth-order valence-corrected chi connectivity index (χ4v) is 4.31. The van der Waals surface area contributed by atoms with Crippen LogP contribution in [0.5, 0.6) is 0 Å². The number of nitrogens with zero attached hydrogens (tertiary/aromatic N) is 1. The van der Waals surface area contributed by atoms with Crippen molar-refractivity contribution in [1.82, 2.24) is 5.32 Å². The first-order chi connectivity index (χ1) is 13.8. The minimum Gasteiger partial charge on any atom is -0.346 e. The lowest BCUT2D eigenvalue weighted by molar-refractivity contribution is 0.0939. The number of halogens is 1. The van der Waals surface area contributed by atoms with Crippen LogP contribution in [0.25, 0.3) is 0 Å². The smallest absolute Gasteiger partial charge is 0.264 e. The summed E-state index contributed by atoms with van der Waals surface area (Å²) in [5.74, 6) is -0.364. The van der Waals surface area contributed by atoms with E-state index in [1.54, 1.807) is 48.5 Å². The van der Waals surface area contributed by atoms with Crippen molar-refractivity contribution in [2.45, 2.75) is 17.9 Å². The first-order valence-electron chi connectivity index (χ1n) is 8.99. The number of hydrogen-bond acceptors (Lipinski definition) is 3. The molecule has 0 aliphatic rings. The quantitative estimate of drug-likeness (QED) is 0.621. The zero-order valence-electron chi connectivity index (χ0n) is 16.0. The SMILES string of the molecule is CC(NC(=O)c1cccc(S(=O)(=O)N(C)c2ccccc2)c1)c1cccc(Cl)c1. The third kappa shape index (κ3) is 4.78. The molecule has 1 atom stereocenters. The van der Waals surface area contributed by atoms with Gasteiger partial charge in [0.05, 0.1) is 16.6 Å². The van der Waals surface area contributed by atoms with Crippen LogP contribution in [0.15, 0.2) is 83.8 Å². The lowest BCUT2D eigenvalue weighted by Crippen LogP contribution is -2.28. The number of anilines is 1. The fraction of sp³-hybridized carbons (Fsp3) is 0.136. The number of hydrogen-bond donors (Lipinski definition) is 1. The van der Waals surface area contributed by atoms with Crippen LogP contribution in [0, 0.1) is 0 Å². The van der Waals surface area contributed by atoms with E-state index in [-0.39, 0.29) is 22.4 Å². The van der Waals surface area contributed by atoms with Crippen LogP contribution in [-0.4, -0.2) is 21.4 Å². The van der Waals surface area contributed by atoms with Crippen LogP contribution in [0.4, 0.5) is 5.69 Å². The molecule has 3 rings (SSSR count). The molecular formula is C22H21ClN2O3S. The molecule has 0 aliphatic heterocycles. The van der Waals surface area contributed by atoms with E-state index in [0.29, 0.717) is 10.7 Å². The van der Waals surface area contributed by atoms with Gasteiger partial charge in [-0.05, 0) is 55.0 Å². The van der Waals surface area contributed by atoms with Crippen LogP contribution in [0.1, 0.15) is 28.9 Å². The Morgan fingerprint density at radius 1 is 0.966 bits per heavy atom. The van der Waals surface area contributed by atoms with Crippen LogP contribution in [0.3, 0.4) is 0 Å². The number of para-hydroxylation sites is 1. The van der Waals surface area contributed by atoms with Gasteiger partial charge in [0.25, 0.3) is 15.9 Å².